The quantitative estimate of drug-likeness (QED) is 0.661. The summed E-state index contributed by atoms with van der Waals surface area (Å²) in [5, 5.41) is 4.53. The monoisotopic (exact) mass is 386 g/mol. The highest BCUT2D eigenvalue weighted by Crippen LogP contribution is 2.21. The summed E-state index contributed by atoms with van der Waals surface area (Å²) in [5.74, 6) is -0.248. The highest BCUT2D eigenvalue weighted by atomic mass is 32.2. The molecule has 0 fully saturated rings. The lowest BCUT2D eigenvalue weighted by Gasteiger charge is -2.08. The fourth-order valence-electron chi connectivity index (χ4n) is 2.34. The van der Waals surface area contributed by atoms with Crippen molar-refractivity contribution in [1.82, 2.24) is 0 Å². The van der Waals surface area contributed by atoms with Gasteiger partial charge >= 0.3 is 0 Å². The molecule has 0 aliphatic carbocycles. The number of sulfonamides is 1. The third kappa shape index (κ3) is 4.30. The van der Waals surface area contributed by atoms with Gasteiger partial charge in [-0.25, -0.2) is 8.42 Å². The average molecular weight is 386 g/mol. The average Bonchev–Trinajstić information content (AvgIpc) is 3.18. The van der Waals surface area contributed by atoms with E-state index in [1.165, 1.54) is 5.56 Å². The first-order chi connectivity index (χ1) is 12.5. The molecule has 0 aliphatic heterocycles. The molecule has 0 spiro atoms. The summed E-state index contributed by atoms with van der Waals surface area (Å²) in [7, 11) is -3.59. The second-order valence-corrected chi connectivity index (χ2v) is 8.48. The van der Waals surface area contributed by atoms with Crippen LogP contribution in [-0.2, 0) is 16.4 Å². The maximum Gasteiger partial charge on any atom is 0.271 e. The molecule has 5 nitrogen and oxygen atoms in total. The Balaban J connectivity index is 1.67. The van der Waals surface area contributed by atoms with Gasteiger partial charge in [-0.15, -0.1) is 11.3 Å². The second-order valence-electron chi connectivity index (χ2n) is 5.62. The van der Waals surface area contributed by atoms with E-state index in [1.807, 2.05) is 24.3 Å². The highest BCUT2D eigenvalue weighted by molar-refractivity contribution is 7.94. The zero-order chi connectivity index (χ0) is 18.6. The summed E-state index contributed by atoms with van der Waals surface area (Å²) in [6.07, 6.45) is 0.942. The Morgan fingerprint density at radius 3 is 2.19 bits per heavy atom. The molecule has 1 aromatic heterocycles. The number of carbonyl (C=O) groups is 1. The van der Waals surface area contributed by atoms with Gasteiger partial charge in [-0.05, 0) is 59.8 Å². The van der Waals surface area contributed by atoms with Crippen LogP contribution in [0.5, 0.6) is 0 Å². The first-order valence-corrected chi connectivity index (χ1v) is 10.4. The number of carbonyl (C=O) groups excluding carboxylic acids is 1. The van der Waals surface area contributed by atoms with Crippen molar-refractivity contribution < 1.29 is 13.2 Å². The van der Waals surface area contributed by atoms with E-state index in [9.17, 15) is 13.2 Å². The Hall–Kier alpha value is -2.64. The molecule has 2 N–H and O–H groups in total. The van der Waals surface area contributed by atoms with Crippen LogP contribution in [0.3, 0.4) is 0 Å². The highest BCUT2D eigenvalue weighted by Gasteiger charge is 2.15. The van der Waals surface area contributed by atoms with Crippen molar-refractivity contribution in [3.05, 3.63) is 77.2 Å². The molecule has 134 valence electrons. The molecule has 1 amide bonds. The van der Waals surface area contributed by atoms with Crippen LogP contribution in [0.1, 0.15) is 22.8 Å². The zero-order valence-electron chi connectivity index (χ0n) is 14.1. The fraction of sp³-hybridized carbons (Fsp3) is 0.105. The zero-order valence-corrected chi connectivity index (χ0v) is 15.7. The molecule has 1 heterocycles. The van der Waals surface area contributed by atoms with E-state index in [0.717, 1.165) is 23.4 Å². The van der Waals surface area contributed by atoms with Crippen molar-refractivity contribution in [1.29, 1.82) is 0 Å². The number of benzene rings is 2. The van der Waals surface area contributed by atoms with Crippen molar-refractivity contribution in [2.24, 2.45) is 0 Å². The molecule has 26 heavy (non-hydrogen) atoms. The van der Waals surface area contributed by atoms with Crippen molar-refractivity contribution in [3.8, 4) is 0 Å². The predicted octanol–water partition coefficient (Wildman–Crippen LogP) is 4.36. The van der Waals surface area contributed by atoms with E-state index < -0.39 is 10.0 Å². The number of amides is 1. The summed E-state index contributed by atoms with van der Waals surface area (Å²) < 4.78 is 27.1. The van der Waals surface area contributed by atoms with Gasteiger partial charge in [0.25, 0.3) is 15.9 Å². The standard InChI is InChI=1S/C19H18N2O3S2/c1-2-14-5-9-16(10-6-14)20-19(22)15-7-11-17(12-8-15)21-26(23,24)18-4-3-13-25-18/h3-13,21H,2H2,1H3,(H,20,22). The molecule has 0 saturated carbocycles. The third-order valence-corrected chi connectivity index (χ3v) is 6.56. The van der Waals surface area contributed by atoms with Crippen molar-refractivity contribution in [2.45, 2.75) is 17.6 Å². The number of hydrogen-bond donors (Lipinski definition) is 2. The summed E-state index contributed by atoms with van der Waals surface area (Å²) in [5.41, 5.74) is 2.77. The molecule has 0 unspecified atom stereocenters. The van der Waals surface area contributed by atoms with E-state index in [2.05, 4.69) is 17.0 Å². The lowest BCUT2D eigenvalue weighted by molar-refractivity contribution is 0.102. The molecule has 7 heteroatoms. The van der Waals surface area contributed by atoms with Gasteiger partial charge in [0.2, 0.25) is 0 Å². The van der Waals surface area contributed by atoms with E-state index in [-0.39, 0.29) is 10.1 Å². The van der Waals surface area contributed by atoms with Gasteiger partial charge in [0, 0.05) is 16.9 Å². The van der Waals surface area contributed by atoms with Gasteiger partial charge in [0.15, 0.2) is 0 Å². The topological polar surface area (TPSA) is 75.3 Å². The summed E-state index contributed by atoms with van der Waals surface area (Å²) in [4.78, 5) is 12.3. The SMILES string of the molecule is CCc1ccc(NC(=O)c2ccc(NS(=O)(=O)c3cccs3)cc2)cc1. The van der Waals surface area contributed by atoms with Crippen molar-refractivity contribution in [3.63, 3.8) is 0 Å². The van der Waals surface area contributed by atoms with Crippen LogP contribution < -0.4 is 10.0 Å². The molecule has 2 aromatic carbocycles. The summed E-state index contributed by atoms with van der Waals surface area (Å²) in [6.45, 7) is 2.07. The number of nitrogens with one attached hydrogen (secondary N) is 2. The van der Waals surface area contributed by atoms with E-state index in [1.54, 1.807) is 41.8 Å². The maximum absolute atomic E-state index is 12.3. The van der Waals surface area contributed by atoms with Gasteiger partial charge in [-0.3, -0.25) is 9.52 Å². The minimum absolute atomic E-state index is 0.245. The minimum Gasteiger partial charge on any atom is -0.322 e. The van der Waals surface area contributed by atoms with Crippen LogP contribution in [0.15, 0.2) is 70.3 Å². The van der Waals surface area contributed by atoms with Crippen molar-refractivity contribution in [2.75, 3.05) is 10.0 Å². The van der Waals surface area contributed by atoms with Crippen LogP contribution in [0.4, 0.5) is 11.4 Å². The van der Waals surface area contributed by atoms with E-state index >= 15 is 0 Å². The van der Waals surface area contributed by atoms with Crippen LogP contribution in [0.25, 0.3) is 0 Å². The number of thiophene rings is 1. The molecule has 3 rings (SSSR count). The van der Waals surface area contributed by atoms with Crippen LogP contribution in [-0.4, -0.2) is 14.3 Å². The molecular formula is C19H18N2O3S2. The van der Waals surface area contributed by atoms with Crippen LogP contribution >= 0.6 is 11.3 Å². The lowest BCUT2D eigenvalue weighted by Crippen LogP contribution is -2.13. The Bertz CT molecular complexity index is 978. The van der Waals surface area contributed by atoms with Gasteiger partial charge in [-0.2, -0.15) is 0 Å². The van der Waals surface area contributed by atoms with Gasteiger partial charge in [0.1, 0.15) is 4.21 Å². The number of aryl methyl sites for hydroxylation is 1. The van der Waals surface area contributed by atoms with Gasteiger partial charge < -0.3 is 5.32 Å². The second kappa shape index (κ2) is 7.72. The Morgan fingerprint density at radius 1 is 0.962 bits per heavy atom. The molecule has 3 aromatic rings. The van der Waals surface area contributed by atoms with Gasteiger partial charge in [-0.1, -0.05) is 25.1 Å². The Morgan fingerprint density at radius 2 is 1.62 bits per heavy atom. The first-order valence-electron chi connectivity index (χ1n) is 8.04. The summed E-state index contributed by atoms with van der Waals surface area (Å²) >= 11 is 1.15. The Kier molecular flexibility index (Phi) is 5.39. The van der Waals surface area contributed by atoms with E-state index in [0.29, 0.717) is 11.3 Å². The van der Waals surface area contributed by atoms with E-state index in [4.69, 9.17) is 0 Å². The lowest BCUT2D eigenvalue weighted by atomic mass is 10.1. The smallest absolute Gasteiger partial charge is 0.271 e. The molecular weight excluding hydrogens is 368 g/mol. The molecule has 0 saturated heterocycles. The molecule has 0 radical (unpaired) electrons. The third-order valence-electron chi connectivity index (χ3n) is 3.78. The minimum atomic E-state index is -3.59. The van der Waals surface area contributed by atoms with Crippen LogP contribution in [0.2, 0.25) is 0 Å². The molecule has 0 bridgehead atoms. The summed E-state index contributed by atoms with van der Waals surface area (Å²) in [6, 6.07) is 17.2. The Labute approximate surface area is 156 Å². The van der Waals surface area contributed by atoms with Gasteiger partial charge in [0.05, 0.1) is 0 Å². The van der Waals surface area contributed by atoms with Crippen molar-refractivity contribution >= 4 is 38.6 Å². The predicted molar refractivity (Wildman–Crippen MR) is 105 cm³/mol. The first kappa shape index (κ1) is 18.2. The number of anilines is 2. The fourth-order valence-corrected chi connectivity index (χ4v) is 4.39. The normalized spacial score (nSPS) is 11.1. The van der Waals surface area contributed by atoms with Crippen LogP contribution in [0, 0.1) is 0 Å². The molecule has 0 atom stereocenters. The maximum atomic E-state index is 12.3. The number of hydrogen-bond acceptors (Lipinski definition) is 4. The largest absolute Gasteiger partial charge is 0.322 e. The molecule has 0 aliphatic rings. The number of rotatable bonds is 6.